The lowest BCUT2D eigenvalue weighted by atomic mass is 10.1. The van der Waals surface area contributed by atoms with Crippen LogP contribution in [0.2, 0.25) is 5.28 Å². The van der Waals surface area contributed by atoms with Crippen molar-refractivity contribution in [2.45, 2.75) is 42.8 Å². The van der Waals surface area contributed by atoms with E-state index in [1.54, 1.807) is 12.1 Å². The SMILES string of the molecule is COCC(CO)(OC[C@H]1O[C@@H](n2ncc3c(N[C@@H](C)c4ccc(F)cc4)nc(Cl)nc32)[C@H](O)[C@@H]1O)P(=O)(O)O. The summed E-state index contributed by atoms with van der Waals surface area (Å²) in [5.74, 6) is -0.0712. The molecule has 1 aliphatic rings. The number of aromatic nitrogens is 4. The molecular formula is C22H28ClFN5O9P. The molecule has 0 aliphatic carbocycles. The van der Waals surface area contributed by atoms with Gasteiger partial charge in [0.05, 0.1) is 31.4 Å². The van der Waals surface area contributed by atoms with Gasteiger partial charge in [-0.15, -0.1) is 0 Å². The summed E-state index contributed by atoms with van der Waals surface area (Å²) >= 11 is 6.16. The normalized spacial score (nSPS) is 24.1. The van der Waals surface area contributed by atoms with Gasteiger partial charge in [-0.2, -0.15) is 15.1 Å². The average Bonchev–Trinajstić information content (AvgIpc) is 3.42. The second kappa shape index (κ2) is 11.7. The van der Waals surface area contributed by atoms with Crippen molar-refractivity contribution in [1.29, 1.82) is 0 Å². The van der Waals surface area contributed by atoms with Crippen LogP contribution in [0, 0.1) is 5.82 Å². The zero-order chi connectivity index (χ0) is 28.5. The predicted octanol–water partition coefficient (Wildman–Crippen LogP) is 0.940. The van der Waals surface area contributed by atoms with Crippen LogP contribution in [0.4, 0.5) is 10.2 Å². The van der Waals surface area contributed by atoms with E-state index in [9.17, 15) is 34.1 Å². The Bertz CT molecular complexity index is 1350. The monoisotopic (exact) mass is 591 g/mol. The van der Waals surface area contributed by atoms with E-state index in [0.717, 1.165) is 5.56 Å². The average molecular weight is 592 g/mol. The third kappa shape index (κ3) is 5.93. The molecule has 0 bridgehead atoms. The highest BCUT2D eigenvalue weighted by atomic mass is 35.5. The molecule has 1 saturated heterocycles. The number of halogens is 2. The van der Waals surface area contributed by atoms with Crippen LogP contribution < -0.4 is 5.32 Å². The second-order valence-corrected chi connectivity index (χ2v) is 11.3. The highest BCUT2D eigenvalue weighted by Gasteiger charge is 2.51. The van der Waals surface area contributed by atoms with E-state index < -0.39 is 57.3 Å². The Morgan fingerprint density at radius 1 is 1.26 bits per heavy atom. The van der Waals surface area contributed by atoms with Crippen molar-refractivity contribution in [3.8, 4) is 0 Å². The van der Waals surface area contributed by atoms with Crippen LogP contribution in [0.25, 0.3) is 11.0 Å². The molecule has 39 heavy (non-hydrogen) atoms. The fraction of sp³-hybridized carbons (Fsp3) is 0.500. The molecule has 17 heteroatoms. The van der Waals surface area contributed by atoms with Gasteiger partial charge in [0.1, 0.15) is 29.9 Å². The van der Waals surface area contributed by atoms with Gasteiger partial charge in [-0.3, -0.25) is 4.57 Å². The lowest BCUT2D eigenvalue weighted by molar-refractivity contribution is -0.125. The number of hydrogen-bond donors (Lipinski definition) is 6. The topological polar surface area (TPSA) is 202 Å². The molecule has 0 amide bonds. The Labute approximate surface area is 226 Å². The minimum absolute atomic E-state index is 0.153. The number of nitrogens with one attached hydrogen (secondary N) is 1. The molecule has 0 spiro atoms. The fourth-order valence-corrected chi connectivity index (χ4v) is 5.05. The van der Waals surface area contributed by atoms with Crippen molar-refractivity contribution in [3.63, 3.8) is 0 Å². The van der Waals surface area contributed by atoms with E-state index in [2.05, 4.69) is 20.4 Å². The summed E-state index contributed by atoms with van der Waals surface area (Å²) in [6.07, 6.45) is -4.27. The molecule has 1 fully saturated rings. The Morgan fingerprint density at radius 3 is 2.56 bits per heavy atom. The number of nitrogens with zero attached hydrogens (tertiary/aromatic N) is 4. The Hall–Kier alpha value is -2.30. The molecule has 14 nitrogen and oxygen atoms in total. The van der Waals surface area contributed by atoms with Gasteiger partial charge in [0.2, 0.25) is 10.6 Å². The number of methoxy groups -OCH3 is 1. The van der Waals surface area contributed by atoms with Crippen molar-refractivity contribution >= 4 is 36.0 Å². The highest BCUT2D eigenvalue weighted by Crippen LogP contribution is 2.51. The maximum atomic E-state index is 13.3. The summed E-state index contributed by atoms with van der Waals surface area (Å²) in [5, 5.41) is 36.2. The van der Waals surface area contributed by atoms with Gasteiger partial charge in [0.25, 0.3) is 0 Å². The third-order valence-corrected chi connectivity index (χ3v) is 8.02. The number of aliphatic hydroxyl groups excluding tert-OH is 3. The Morgan fingerprint density at radius 2 is 1.95 bits per heavy atom. The van der Waals surface area contributed by atoms with Crippen LogP contribution in [0.1, 0.15) is 24.8 Å². The van der Waals surface area contributed by atoms with Gasteiger partial charge < -0.3 is 44.6 Å². The standard InChI is InChI=1S/C22H28ClFN5O9P/c1-11(12-3-5-13(24)6-4-12)26-18-14-7-25-29(19(14)28-21(23)27-18)20-17(32)16(31)15(38-20)8-37-22(9-30,10-36-2)39(33,34)35/h3-7,11,15-17,20,30-32H,8-10H2,1-2H3,(H,26,27,28)(H2,33,34,35)/t11-,15+,16+,17+,20+,22?/m0/s1. The van der Waals surface area contributed by atoms with Crippen LogP contribution >= 0.6 is 19.2 Å². The first-order chi connectivity index (χ1) is 18.4. The number of anilines is 1. The Kier molecular flexibility index (Phi) is 8.88. The zero-order valence-corrected chi connectivity index (χ0v) is 22.4. The number of benzene rings is 1. The van der Waals surface area contributed by atoms with Crippen molar-refractivity contribution in [1.82, 2.24) is 19.7 Å². The van der Waals surface area contributed by atoms with E-state index in [-0.39, 0.29) is 22.8 Å². The summed E-state index contributed by atoms with van der Waals surface area (Å²) in [5.41, 5.74) is 0.927. The lowest BCUT2D eigenvalue weighted by Gasteiger charge is -2.32. The molecular weight excluding hydrogens is 564 g/mol. The van der Waals surface area contributed by atoms with E-state index in [1.807, 2.05) is 6.92 Å². The van der Waals surface area contributed by atoms with Crippen LogP contribution in [-0.2, 0) is 18.8 Å². The van der Waals surface area contributed by atoms with Crippen LogP contribution in [-0.4, -0.2) is 95.4 Å². The smallest absolute Gasteiger partial charge is 0.361 e. The highest BCUT2D eigenvalue weighted by molar-refractivity contribution is 7.53. The van der Waals surface area contributed by atoms with Gasteiger partial charge in [0, 0.05) is 13.2 Å². The molecule has 1 aromatic carbocycles. The van der Waals surface area contributed by atoms with Gasteiger partial charge in [-0.25, -0.2) is 9.07 Å². The maximum Gasteiger partial charge on any atom is 0.361 e. The minimum Gasteiger partial charge on any atom is -0.393 e. The molecule has 0 saturated carbocycles. The lowest BCUT2D eigenvalue weighted by Crippen LogP contribution is -2.44. The maximum absolute atomic E-state index is 13.3. The van der Waals surface area contributed by atoms with Crippen LogP contribution in [0.3, 0.4) is 0 Å². The number of fused-ring (bicyclic) bond motifs is 1. The molecule has 3 aromatic rings. The van der Waals surface area contributed by atoms with Crippen LogP contribution in [0.5, 0.6) is 0 Å². The Balaban J connectivity index is 1.57. The quantitative estimate of drug-likeness (QED) is 0.136. The molecule has 2 aromatic heterocycles. The van der Waals surface area contributed by atoms with Gasteiger partial charge in [-0.1, -0.05) is 12.1 Å². The molecule has 6 atom stereocenters. The summed E-state index contributed by atoms with van der Waals surface area (Å²) in [4.78, 5) is 27.8. The number of aliphatic hydroxyl groups is 3. The van der Waals surface area contributed by atoms with E-state index in [4.69, 9.17) is 25.8 Å². The van der Waals surface area contributed by atoms with Gasteiger partial charge >= 0.3 is 7.60 Å². The van der Waals surface area contributed by atoms with Crippen molar-refractivity contribution in [3.05, 3.63) is 47.1 Å². The van der Waals surface area contributed by atoms with Crippen LogP contribution in [0.15, 0.2) is 30.5 Å². The number of rotatable bonds is 11. The first-order valence-electron chi connectivity index (χ1n) is 11.6. The molecule has 1 unspecified atom stereocenters. The second-order valence-electron chi connectivity index (χ2n) is 9.02. The van der Waals surface area contributed by atoms with Gasteiger partial charge in [-0.05, 0) is 36.2 Å². The summed E-state index contributed by atoms with van der Waals surface area (Å²) in [7, 11) is -3.86. The van der Waals surface area contributed by atoms with Crippen molar-refractivity contribution < 1.29 is 48.3 Å². The predicted molar refractivity (Wildman–Crippen MR) is 134 cm³/mol. The van der Waals surface area contributed by atoms with Gasteiger partial charge in [0.15, 0.2) is 11.9 Å². The molecule has 0 radical (unpaired) electrons. The number of ether oxygens (including phenoxy) is 3. The first kappa shape index (κ1) is 29.7. The third-order valence-electron chi connectivity index (χ3n) is 6.39. The summed E-state index contributed by atoms with van der Waals surface area (Å²) < 4.78 is 42.4. The van der Waals surface area contributed by atoms with E-state index in [1.165, 1.54) is 30.1 Å². The molecule has 3 heterocycles. The minimum atomic E-state index is -5.03. The van der Waals surface area contributed by atoms with Crippen molar-refractivity contribution in [2.24, 2.45) is 0 Å². The van der Waals surface area contributed by atoms with E-state index >= 15 is 0 Å². The zero-order valence-electron chi connectivity index (χ0n) is 20.8. The first-order valence-corrected chi connectivity index (χ1v) is 13.6. The number of hydrogen-bond acceptors (Lipinski definition) is 11. The molecule has 4 rings (SSSR count). The summed E-state index contributed by atoms with van der Waals surface area (Å²) in [6, 6.07) is 5.59. The van der Waals surface area contributed by atoms with Crippen molar-refractivity contribution in [2.75, 3.05) is 32.2 Å². The summed E-state index contributed by atoms with van der Waals surface area (Å²) in [6.45, 7) is -0.502. The molecule has 214 valence electrons. The largest absolute Gasteiger partial charge is 0.393 e. The fourth-order valence-electron chi connectivity index (χ4n) is 4.16. The molecule has 6 N–H and O–H groups in total. The molecule has 1 aliphatic heterocycles. The van der Waals surface area contributed by atoms with E-state index in [0.29, 0.717) is 11.2 Å².